The third kappa shape index (κ3) is 4.65. The second kappa shape index (κ2) is 9.83. The van der Waals surface area contributed by atoms with Gasteiger partial charge in [0.25, 0.3) is 17.7 Å². The van der Waals surface area contributed by atoms with Crippen LogP contribution in [0.25, 0.3) is 32.9 Å². The Kier molecular flexibility index (Phi) is 6.40. The maximum atomic E-state index is 13.7. The van der Waals surface area contributed by atoms with E-state index in [1.807, 2.05) is 50.2 Å². The lowest BCUT2D eigenvalue weighted by Gasteiger charge is -2.38. The number of aromatic nitrogens is 2. The zero-order chi connectivity index (χ0) is 29.1. The topological polar surface area (TPSA) is 71.6 Å². The fourth-order valence-electron chi connectivity index (χ4n) is 5.77. The number of nitrogens with zero attached hydrogens (tertiary/aromatic N) is 4. The Morgan fingerprint density at radius 1 is 1.00 bits per heavy atom. The third-order valence-corrected chi connectivity index (χ3v) is 7.77. The van der Waals surface area contributed by atoms with Gasteiger partial charge in [-0.25, -0.2) is 8.78 Å². The van der Waals surface area contributed by atoms with Crippen molar-refractivity contribution >= 4 is 33.6 Å². The van der Waals surface area contributed by atoms with Crippen LogP contribution in [0, 0.1) is 13.8 Å². The third-order valence-electron chi connectivity index (χ3n) is 7.77. The maximum absolute atomic E-state index is 13.7. The highest BCUT2D eigenvalue weighted by Gasteiger charge is 2.46. The molecule has 2 aromatic heterocycles. The van der Waals surface area contributed by atoms with Gasteiger partial charge in [0.1, 0.15) is 5.76 Å². The highest BCUT2D eigenvalue weighted by molar-refractivity contribution is 6.20. The van der Waals surface area contributed by atoms with Gasteiger partial charge in [0.2, 0.25) is 0 Å². The summed E-state index contributed by atoms with van der Waals surface area (Å²) in [4.78, 5) is 29.4. The first-order valence-electron chi connectivity index (χ1n) is 13.5. The number of alkyl halides is 2. The van der Waals surface area contributed by atoms with Crippen LogP contribution in [0.1, 0.15) is 37.7 Å². The van der Waals surface area contributed by atoms with Crippen molar-refractivity contribution in [3.63, 3.8) is 0 Å². The fraction of sp³-hybridized carbons (Fsp3) is 0.281. The first-order valence-corrected chi connectivity index (χ1v) is 13.5. The molecule has 210 valence electrons. The molecule has 0 radical (unpaired) electrons. The van der Waals surface area contributed by atoms with Crippen molar-refractivity contribution in [3.8, 4) is 11.1 Å². The summed E-state index contributed by atoms with van der Waals surface area (Å²) in [6, 6.07) is 19.3. The molecule has 41 heavy (non-hydrogen) atoms. The average Bonchev–Trinajstić information content (AvgIpc) is 3.44. The van der Waals surface area contributed by atoms with Crippen LogP contribution >= 0.6 is 0 Å². The SMILES string of the molecule is Cc1noc(C)c1-c1cc(C(=O)N(C)C)c2c3cc(C(=O)N4CC(F)(F)C4)ccc3n(CCc3ccccc3)c2c1. The van der Waals surface area contributed by atoms with E-state index in [1.165, 1.54) is 10.5 Å². The number of hydrogen-bond donors (Lipinski definition) is 0. The molecule has 0 spiro atoms. The minimum atomic E-state index is -2.85. The van der Waals surface area contributed by atoms with E-state index in [9.17, 15) is 18.4 Å². The summed E-state index contributed by atoms with van der Waals surface area (Å²) >= 11 is 0. The van der Waals surface area contributed by atoms with Crippen molar-refractivity contribution < 1.29 is 22.9 Å². The van der Waals surface area contributed by atoms with Crippen LogP contribution in [0.15, 0.2) is 65.2 Å². The Balaban J connectivity index is 1.60. The molecule has 1 fully saturated rings. The summed E-state index contributed by atoms with van der Waals surface area (Å²) in [5.74, 6) is -2.84. The molecule has 0 N–H and O–H groups in total. The lowest BCUT2D eigenvalue weighted by Crippen LogP contribution is -2.58. The summed E-state index contributed by atoms with van der Waals surface area (Å²) in [7, 11) is 3.40. The Labute approximate surface area is 235 Å². The van der Waals surface area contributed by atoms with Crippen molar-refractivity contribution in [1.29, 1.82) is 0 Å². The van der Waals surface area contributed by atoms with Crippen LogP contribution < -0.4 is 0 Å². The van der Waals surface area contributed by atoms with E-state index in [1.54, 1.807) is 26.2 Å². The molecule has 7 nitrogen and oxygen atoms in total. The van der Waals surface area contributed by atoms with Crippen LogP contribution in [0.4, 0.5) is 8.78 Å². The number of fused-ring (bicyclic) bond motifs is 3. The summed E-state index contributed by atoms with van der Waals surface area (Å²) in [5, 5.41) is 5.56. The number of carbonyl (C=O) groups excluding carboxylic acids is 2. The van der Waals surface area contributed by atoms with E-state index in [2.05, 4.69) is 21.9 Å². The maximum Gasteiger partial charge on any atom is 0.282 e. The largest absolute Gasteiger partial charge is 0.361 e. The number of amides is 2. The second-order valence-corrected chi connectivity index (χ2v) is 11.0. The minimum absolute atomic E-state index is 0.190. The zero-order valence-corrected chi connectivity index (χ0v) is 23.4. The van der Waals surface area contributed by atoms with Crippen LogP contribution in [0.2, 0.25) is 0 Å². The predicted molar refractivity (Wildman–Crippen MR) is 153 cm³/mol. The van der Waals surface area contributed by atoms with Gasteiger partial charge in [-0.2, -0.15) is 0 Å². The van der Waals surface area contributed by atoms with Crippen LogP contribution in [0.3, 0.4) is 0 Å². The monoisotopic (exact) mass is 556 g/mol. The van der Waals surface area contributed by atoms with Gasteiger partial charge in [-0.1, -0.05) is 35.5 Å². The Morgan fingerprint density at radius 3 is 2.37 bits per heavy atom. The highest BCUT2D eigenvalue weighted by atomic mass is 19.3. The molecule has 1 aliphatic heterocycles. The molecule has 9 heteroatoms. The number of carbonyl (C=O) groups is 2. The molecular weight excluding hydrogens is 526 g/mol. The van der Waals surface area contributed by atoms with Gasteiger partial charge in [0.15, 0.2) is 0 Å². The van der Waals surface area contributed by atoms with Gasteiger partial charge in [-0.05, 0) is 61.7 Å². The number of likely N-dealkylation sites (tertiary alicyclic amines) is 1. The molecule has 6 rings (SSSR count). The number of halogens is 2. The molecule has 0 bridgehead atoms. The van der Waals surface area contributed by atoms with Crippen LogP contribution in [-0.2, 0) is 13.0 Å². The molecule has 1 aliphatic rings. The minimum Gasteiger partial charge on any atom is -0.361 e. The van der Waals surface area contributed by atoms with Gasteiger partial charge in [0.05, 0.1) is 29.9 Å². The van der Waals surface area contributed by atoms with Gasteiger partial charge < -0.3 is 18.9 Å². The van der Waals surface area contributed by atoms with Gasteiger partial charge in [-0.3, -0.25) is 9.59 Å². The van der Waals surface area contributed by atoms with E-state index in [4.69, 9.17) is 4.52 Å². The quantitative estimate of drug-likeness (QED) is 0.253. The van der Waals surface area contributed by atoms with Crippen molar-refractivity contribution in [2.75, 3.05) is 27.2 Å². The smallest absolute Gasteiger partial charge is 0.282 e. The molecular formula is C32H30F2N4O3. The predicted octanol–water partition coefficient (Wildman–Crippen LogP) is 6.10. The Hall–Kier alpha value is -4.53. The molecule has 0 atom stereocenters. The molecule has 0 saturated carbocycles. The van der Waals surface area contributed by atoms with E-state index in [0.717, 1.165) is 44.6 Å². The van der Waals surface area contributed by atoms with Crippen molar-refractivity contribution in [1.82, 2.24) is 19.5 Å². The first-order chi connectivity index (χ1) is 19.5. The lowest BCUT2D eigenvalue weighted by atomic mass is 9.96. The zero-order valence-electron chi connectivity index (χ0n) is 23.4. The Bertz CT molecular complexity index is 1790. The molecule has 3 heterocycles. The molecule has 0 unspecified atom stereocenters. The van der Waals surface area contributed by atoms with E-state index >= 15 is 0 Å². The molecule has 5 aromatic rings. The molecule has 0 aliphatic carbocycles. The number of hydrogen-bond acceptors (Lipinski definition) is 4. The number of aryl methyl sites for hydroxylation is 4. The van der Waals surface area contributed by atoms with E-state index in [-0.39, 0.29) is 5.91 Å². The average molecular weight is 557 g/mol. The first kappa shape index (κ1) is 26.7. The van der Waals surface area contributed by atoms with Crippen LogP contribution in [0.5, 0.6) is 0 Å². The molecule has 1 saturated heterocycles. The summed E-state index contributed by atoms with van der Waals surface area (Å²) < 4.78 is 34.7. The fourth-order valence-corrected chi connectivity index (χ4v) is 5.77. The number of rotatable bonds is 6. The standard InChI is InChI=1S/C32H30F2N4O3/c1-19-28(20(2)41-35-19)23-15-25(31(40)36(3)4)29-24-14-22(30(39)37-17-32(33,34)18-37)10-11-26(24)38(27(29)16-23)13-12-21-8-6-5-7-9-21/h5-11,14-16H,12-13,17-18H2,1-4H3. The second-order valence-electron chi connectivity index (χ2n) is 11.0. The van der Waals surface area contributed by atoms with Crippen molar-refractivity contribution in [2.45, 2.75) is 32.7 Å². The lowest BCUT2D eigenvalue weighted by molar-refractivity contribution is -0.113. The van der Waals surface area contributed by atoms with E-state index in [0.29, 0.717) is 28.8 Å². The van der Waals surface area contributed by atoms with Crippen LogP contribution in [-0.4, -0.2) is 64.4 Å². The van der Waals surface area contributed by atoms with Gasteiger partial charge in [-0.15, -0.1) is 0 Å². The van der Waals surface area contributed by atoms with E-state index < -0.39 is 24.9 Å². The van der Waals surface area contributed by atoms with Gasteiger partial charge >= 0.3 is 0 Å². The van der Waals surface area contributed by atoms with Crippen molar-refractivity contribution in [2.24, 2.45) is 0 Å². The normalized spacial score (nSPS) is 14.4. The Morgan fingerprint density at radius 2 is 1.73 bits per heavy atom. The summed E-state index contributed by atoms with van der Waals surface area (Å²) in [6.07, 6.45) is 0.746. The van der Waals surface area contributed by atoms with Crippen molar-refractivity contribution in [3.05, 3.63) is 88.8 Å². The number of benzene rings is 3. The molecule has 3 aromatic carbocycles. The van der Waals surface area contributed by atoms with Gasteiger partial charge in [0, 0.05) is 48.1 Å². The summed E-state index contributed by atoms with van der Waals surface area (Å²) in [5.41, 5.74) is 6.00. The highest BCUT2D eigenvalue weighted by Crippen LogP contribution is 2.39. The summed E-state index contributed by atoms with van der Waals surface area (Å²) in [6.45, 7) is 3.15. The molecule has 2 amide bonds.